The second kappa shape index (κ2) is 19.6. The summed E-state index contributed by atoms with van der Waals surface area (Å²) in [6.45, 7) is 7.39. The van der Waals surface area contributed by atoms with Crippen LogP contribution >= 0.6 is 0 Å². The molecular formula is C44H42F14N2O3. The summed E-state index contributed by atoms with van der Waals surface area (Å²) in [5.41, 5.74) is -5.99. The Morgan fingerprint density at radius 1 is 0.524 bits per heavy atom. The number of alkyl halides is 14. The Morgan fingerprint density at radius 2 is 0.841 bits per heavy atom. The first kappa shape index (κ1) is 52.0. The van der Waals surface area contributed by atoms with E-state index in [0.717, 1.165) is 11.1 Å². The summed E-state index contributed by atoms with van der Waals surface area (Å²) >= 11 is 0. The minimum Gasteiger partial charge on any atom is -0.352 e. The van der Waals surface area contributed by atoms with E-state index in [1.54, 1.807) is 36.4 Å². The number of ketones is 2. The lowest BCUT2D eigenvalue weighted by atomic mass is 9.86. The highest BCUT2D eigenvalue weighted by atomic mass is 19.4. The van der Waals surface area contributed by atoms with Crippen molar-refractivity contribution in [3.05, 3.63) is 140 Å². The van der Waals surface area contributed by atoms with Gasteiger partial charge in [0, 0.05) is 55.1 Å². The molecule has 3 N–H and O–H groups in total. The number of rotatable bonds is 13. The highest BCUT2D eigenvalue weighted by Gasteiger charge is 2.74. The van der Waals surface area contributed by atoms with Crippen LogP contribution in [0.4, 0.5) is 61.5 Å². The quantitative estimate of drug-likeness (QED) is 0.103. The van der Waals surface area contributed by atoms with Gasteiger partial charge in [0.1, 0.15) is 0 Å². The van der Waals surface area contributed by atoms with Crippen molar-refractivity contribution in [2.24, 2.45) is 5.73 Å². The molecule has 63 heavy (non-hydrogen) atoms. The summed E-state index contributed by atoms with van der Waals surface area (Å²) in [6.07, 6.45) is -25.3. The second-order valence-corrected chi connectivity index (χ2v) is 14.6. The summed E-state index contributed by atoms with van der Waals surface area (Å²) in [4.78, 5) is 36.2. The fraction of sp³-hybridized carbons (Fsp3) is 0.386. The molecule has 344 valence electrons. The standard InChI is InChI=1S/C23H22F7NO2.C21H20F7NO/c1-4-16-10-18(21(24,22(25,26)27)23(28,29)30)9-13(2)19(16)11-20(33)17-7-5-15(6-8-17)12-31-14(3)32;1-3-14-9-16(19(22,20(23,24)25)21(26,27)28)8-12(2)17(14)10-18(30)15-6-4-13(11-29)5-7-15/h5-10H,4,11-12H2,1-3H3,(H,31,32);4-9H,3,10-11,29H2,1-2H3. The molecule has 0 spiro atoms. The van der Waals surface area contributed by atoms with Crippen LogP contribution in [0.25, 0.3) is 0 Å². The zero-order valence-electron chi connectivity index (χ0n) is 34.3. The van der Waals surface area contributed by atoms with E-state index >= 15 is 0 Å². The van der Waals surface area contributed by atoms with E-state index < -0.39 is 53.0 Å². The van der Waals surface area contributed by atoms with Crippen LogP contribution in [0, 0.1) is 13.8 Å². The molecule has 0 bridgehead atoms. The van der Waals surface area contributed by atoms with Gasteiger partial charge in [0.25, 0.3) is 0 Å². The fourth-order valence-electron chi connectivity index (χ4n) is 6.68. The lowest BCUT2D eigenvalue weighted by molar-refractivity contribution is -0.349. The predicted octanol–water partition coefficient (Wildman–Crippen LogP) is 11.6. The van der Waals surface area contributed by atoms with Crippen LogP contribution in [0.1, 0.15) is 97.1 Å². The van der Waals surface area contributed by atoms with Gasteiger partial charge in [-0.2, -0.15) is 52.7 Å². The number of nitrogens with one attached hydrogen (secondary N) is 1. The number of aryl methyl sites for hydroxylation is 4. The number of carbonyl (C=O) groups excluding carboxylic acids is 3. The van der Waals surface area contributed by atoms with Gasteiger partial charge < -0.3 is 11.1 Å². The van der Waals surface area contributed by atoms with E-state index in [1.165, 1.54) is 46.8 Å². The Hall–Kier alpha value is -5.33. The topological polar surface area (TPSA) is 89.3 Å². The number of Topliss-reactive ketones (excluding diaryl/α,β-unsaturated/α-hetero) is 2. The van der Waals surface area contributed by atoms with Crippen LogP contribution in [0.15, 0.2) is 72.8 Å². The van der Waals surface area contributed by atoms with Gasteiger partial charge in [-0.15, -0.1) is 0 Å². The Labute approximate surface area is 353 Å². The van der Waals surface area contributed by atoms with Gasteiger partial charge in [-0.25, -0.2) is 8.78 Å². The number of hydrogen-bond donors (Lipinski definition) is 2. The lowest BCUT2D eigenvalue weighted by Crippen LogP contribution is -2.50. The summed E-state index contributed by atoms with van der Waals surface area (Å²) in [5, 5.41) is 2.60. The third-order valence-electron chi connectivity index (χ3n) is 10.3. The maximum Gasteiger partial charge on any atom is 0.435 e. The molecule has 0 aliphatic heterocycles. The predicted molar refractivity (Wildman–Crippen MR) is 205 cm³/mol. The van der Waals surface area contributed by atoms with E-state index in [0.29, 0.717) is 29.8 Å². The molecule has 0 aliphatic carbocycles. The molecule has 0 unspecified atom stereocenters. The number of hydrogen-bond acceptors (Lipinski definition) is 4. The van der Waals surface area contributed by atoms with Crippen molar-refractivity contribution < 1.29 is 75.8 Å². The molecule has 4 rings (SSSR count). The van der Waals surface area contributed by atoms with Crippen LogP contribution in [0.2, 0.25) is 0 Å². The molecule has 5 nitrogen and oxygen atoms in total. The molecule has 0 aliphatic rings. The molecule has 0 fully saturated rings. The van der Waals surface area contributed by atoms with Crippen molar-refractivity contribution in [1.29, 1.82) is 0 Å². The third kappa shape index (κ3) is 11.4. The van der Waals surface area contributed by atoms with Crippen LogP contribution < -0.4 is 11.1 Å². The van der Waals surface area contributed by atoms with Crippen LogP contribution in [-0.2, 0) is 54.9 Å². The fourth-order valence-corrected chi connectivity index (χ4v) is 6.68. The van der Waals surface area contributed by atoms with Crippen molar-refractivity contribution in [1.82, 2.24) is 5.32 Å². The first-order valence-electron chi connectivity index (χ1n) is 19.0. The normalized spacial score (nSPS) is 12.7. The zero-order valence-corrected chi connectivity index (χ0v) is 34.3. The van der Waals surface area contributed by atoms with Crippen LogP contribution in [0.3, 0.4) is 0 Å². The van der Waals surface area contributed by atoms with Crippen molar-refractivity contribution in [2.75, 3.05) is 0 Å². The Morgan fingerprint density at radius 3 is 1.11 bits per heavy atom. The Kier molecular flexibility index (Phi) is 16.2. The van der Waals surface area contributed by atoms with Crippen molar-refractivity contribution in [3.63, 3.8) is 0 Å². The van der Waals surface area contributed by atoms with Gasteiger partial charge in [-0.05, 0) is 71.2 Å². The average molecular weight is 913 g/mol. The maximum absolute atomic E-state index is 14.5. The molecule has 0 aromatic heterocycles. The Bertz CT molecular complexity index is 2230. The first-order valence-corrected chi connectivity index (χ1v) is 19.0. The minimum absolute atomic E-state index is 0.00125. The van der Waals surface area contributed by atoms with Gasteiger partial charge in [0.05, 0.1) is 0 Å². The van der Waals surface area contributed by atoms with Gasteiger partial charge in [0.2, 0.25) is 5.91 Å². The Balaban J connectivity index is 0.000000337. The van der Waals surface area contributed by atoms with Crippen molar-refractivity contribution in [3.8, 4) is 0 Å². The third-order valence-corrected chi connectivity index (χ3v) is 10.3. The summed E-state index contributed by atoms with van der Waals surface area (Å²) < 4.78 is 186. The van der Waals surface area contributed by atoms with Crippen LogP contribution in [-0.4, -0.2) is 42.2 Å². The number of halogens is 14. The summed E-state index contributed by atoms with van der Waals surface area (Å²) in [7, 11) is 0. The summed E-state index contributed by atoms with van der Waals surface area (Å²) in [6, 6.07) is 14.7. The van der Waals surface area contributed by atoms with Gasteiger partial charge in [0.15, 0.2) is 11.6 Å². The van der Waals surface area contributed by atoms with E-state index in [-0.39, 0.29) is 89.4 Å². The number of carbonyl (C=O) groups is 3. The lowest BCUT2D eigenvalue weighted by Gasteiger charge is -2.31. The second-order valence-electron chi connectivity index (χ2n) is 14.6. The molecule has 0 saturated carbocycles. The number of nitrogens with two attached hydrogens (primary N) is 1. The average Bonchev–Trinajstić information content (AvgIpc) is 3.19. The van der Waals surface area contributed by atoms with Crippen molar-refractivity contribution in [2.45, 2.75) is 109 Å². The minimum atomic E-state index is -6.21. The van der Waals surface area contributed by atoms with E-state index in [1.807, 2.05) is 0 Å². The highest BCUT2D eigenvalue weighted by Crippen LogP contribution is 2.55. The van der Waals surface area contributed by atoms with Gasteiger partial charge in [-0.1, -0.05) is 86.6 Å². The molecule has 0 saturated heterocycles. The summed E-state index contributed by atoms with van der Waals surface area (Å²) in [5.74, 6) is -1.01. The largest absolute Gasteiger partial charge is 0.435 e. The zero-order chi connectivity index (χ0) is 48.1. The molecule has 19 heteroatoms. The van der Waals surface area contributed by atoms with E-state index in [2.05, 4.69) is 5.32 Å². The van der Waals surface area contributed by atoms with E-state index in [9.17, 15) is 75.8 Å². The number of amides is 1. The SMILES string of the molecule is CCc1cc(C(F)(C(F)(F)F)C(F)(F)F)cc(C)c1CC(=O)c1ccc(CN)cc1.CCc1cc(C(F)(C(F)(F)F)C(F)(F)F)cc(C)c1CC(=O)c1ccc(CNC(C)=O)cc1. The highest BCUT2D eigenvalue weighted by molar-refractivity contribution is 5.98. The van der Waals surface area contributed by atoms with Crippen molar-refractivity contribution >= 4 is 17.5 Å². The first-order chi connectivity index (χ1) is 28.9. The molecular weight excluding hydrogens is 870 g/mol. The molecule has 0 atom stereocenters. The number of benzene rings is 4. The molecule has 1 amide bonds. The smallest absolute Gasteiger partial charge is 0.352 e. The molecule has 0 heterocycles. The van der Waals surface area contributed by atoms with Gasteiger partial charge >= 0.3 is 36.0 Å². The van der Waals surface area contributed by atoms with E-state index in [4.69, 9.17) is 5.73 Å². The molecule has 4 aromatic carbocycles. The van der Waals surface area contributed by atoms with Gasteiger partial charge in [-0.3, -0.25) is 14.4 Å². The molecule has 0 radical (unpaired) electrons. The maximum atomic E-state index is 14.5. The molecule has 4 aromatic rings. The monoisotopic (exact) mass is 912 g/mol. The van der Waals surface area contributed by atoms with Crippen LogP contribution in [0.5, 0.6) is 0 Å².